The molecule has 0 spiro atoms. The quantitative estimate of drug-likeness (QED) is 0.830. The van der Waals surface area contributed by atoms with E-state index in [1.165, 1.54) is 5.69 Å². The lowest BCUT2D eigenvalue weighted by atomic mass is 10.2. The number of piperazine rings is 1. The summed E-state index contributed by atoms with van der Waals surface area (Å²) in [5.41, 5.74) is 2.21. The number of para-hydroxylation sites is 3. The first kappa shape index (κ1) is 16.9. The van der Waals surface area contributed by atoms with Gasteiger partial charge in [-0.15, -0.1) is 0 Å². The Bertz CT molecular complexity index is 742. The van der Waals surface area contributed by atoms with Crippen molar-refractivity contribution in [3.8, 4) is 5.75 Å². The van der Waals surface area contributed by atoms with E-state index < -0.39 is 0 Å². The van der Waals surface area contributed by atoms with E-state index in [1.54, 1.807) is 0 Å². The SMILES string of the molecule is O=C1COc2ccccc2N1CCCN1CCN(c2ccccc2)CC1. The highest BCUT2D eigenvalue weighted by Gasteiger charge is 2.25. The second-order valence-electron chi connectivity index (χ2n) is 6.82. The van der Waals surface area contributed by atoms with Crippen LogP contribution in [-0.4, -0.2) is 56.7 Å². The summed E-state index contributed by atoms with van der Waals surface area (Å²) in [7, 11) is 0. The molecule has 26 heavy (non-hydrogen) atoms. The van der Waals surface area contributed by atoms with Crippen molar-refractivity contribution >= 4 is 17.3 Å². The Balaban J connectivity index is 1.26. The molecule has 2 aliphatic heterocycles. The van der Waals surface area contributed by atoms with Gasteiger partial charge in [0.2, 0.25) is 0 Å². The van der Waals surface area contributed by atoms with Crippen molar-refractivity contribution in [2.75, 3.05) is 55.7 Å². The minimum absolute atomic E-state index is 0.0533. The lowest BCUT2D eigenvalue weighted by Crippen LogP contribution is -2.47. The van der Waals surface area contributed by atoms with Gasteiger partial charge in [-0.05, 0) is 37.2 Å². The summed E-state index contributed by atoms with van der Waals surface area (Å²) in [5, 5.41) is 0. The van der Waals surface area contributed by atoms with Crippen molar-refractivity contribution in [3.05, 3.63) is 54.6 Å². The summed E-state index contributed by atoms with van der Waals surface area (Å²) in [5.74, 6) is 0.862. The molecule has 136 valence electrons. The number of ether oxygens (including phenoxy) is 1. The number of carbonyl (C=O) groups excluding carboxylic acids is 1. The summed E-state index contributed by atoms with van der Waals surface area (Å²) < 4.78 is 5.51. The number of hydrogen-bond donors (Lipinski definition) is 0. The molecule has 4 rings (SSSR count). The second kappa shape index (κ2) is 7.79. The normalized spacial score (nSPS) is 17.8. The van der Waals surface area contributed by atoms with Crippen molar-refractivity contribution in [3.63, 3.8) is 0 Å². The number of hydrogen-bond acceptors (Lipinski definition) is 4. The Morgan fingerprint density at radius 2 is 1.58 bits per heavy atom. The second-order valence-corrected chi connectivity index (χ2v) is 6.82. The standard InChI is InChI=1S/C21H25N3O2/c25-21-17-26-20-10-5-4-9-19(20)24(21)12-6-11-22-13-15-23(16-14-22)18-7-2-1-3-8-18/h1-5,7-10H,6,11-17H2. The van der Waals surface area contributed by atoms with Crippen molar-refractivity contribution < 1.29 is 9.53 Å². The van der Waals surface area contributed by atoms with Crippen LogP contribution in [0.3, 0.4) is 0 Å². The molecule has 0 aromatic heterocycles. The van der Waals surface area contributed by atoms with E-state index >= 15 is 0 Å². The molecular formula is C21H25N3O2. The van der Waals surface area contributed by atoms with E-state index in [0.29, 0.717) is 0 Å². The molecule has 0 N–H and O–H groups in total. The number of rotatable bonds is 5. The molecule has 0 atom stereocenters. The predicted molar refractivity (Wildman–Crippen MR) is 104 cm³/mol. The molecule has 0 aliphatic carbocycles. The Kier molecular flexibility index (Phi) is 5.07. The maximum atomic E-state index is 12.2. The molecule has 2 aromatic carbocycles. The number of benzene rings is 2. The van der Waals surface area contributed by atoms with Crippen molar-refractivity contribution in [1.82, 2.24) is 4.90 Å². The van der Waals surface area contributed by atoms with E-state index in [4.69, 9.17) is 4.74 Å². The average molecular weight is 351 g/mol. The fourth-order valence-corrected chi connectivity index (χ4v) is 3.72. The largest absolute Gasteiger partial charge is 0.482 e. The molecule has 2 aliphatic rings. The highest BCUT2D eigenvalue weighted by molar-refractivity contribution is 5.97. The molecule has 5 heteroatoms. The van der Waals surface area contributed by atoms with E-state index in [0.717, 1.165) is 57.1 Å². The van der Waals surface area contributed by atoms with Gasteiger partial charge < -0.3 is 14.5 Å². The van der Waals surface area contributed by atoms with Gasteiger partial charge in [-0.1, -0.05) is 30.3 Å². The van der Waals surface area contributed by atoms with Gasteiger partial charge in [0.05, 0.1) is 5.69 Å². The van der Waals surface area contributed by atoms with Gasteiger partial charge in [-0.25, -0.2) is 0 Å². The summed E-state index contributed by atoms with van der Waals surface area (Å²) in [6, 6.07) is 18.4. The first-order valence-corrected chi connectivity index (χ1v) is 9.36. The Hall–Kier alpha value is -2.53. The van der Waals surface area contributed by atoms with Crippen molar-refractivity contribution in [1.29, 1.82) is 0 Å². The van der Waals surface area contributed by atoms with Crippen LogP contribution in [-0.2, 0) is 4.79 Å². The van der Waals surface area contributed by atoms with Gasteiger partial charge >= 0.3 is 0 Å². The fourth-order valence-electron chi connectivity index (χ4n) is 3.72. The lowest BCUT2D eigenvalue weighted by Gasteiger charge is -2.36. The van der Waals surface area contributed by atoms with E-state index in [9.17, 15) is 4.79 Å². The van der Waals surface area contributed by atoms with Crippen LogP contribution in [0.1, 0.15) is 6.42 Å². The zero-order valence-corrected chi connectivity index (χ0v) is 15.0. The molecule has 1 fully saturated rings. The highest BCUT2D eigenvalue weighted by atomic mass is 16.5. The maximum absolute atomic E-state index is 12.2. The van der Waals surface area contributed by atoms with E-state index in [-0.39, 0.29) is 12.5 Å². The fraction of sp³-hybridized carbons (Fsp3) is 0.381. The van der Waals surface area contributed by atoms with Crippen LogP contribution < -0.4 is 14.5 Å². The molecule has 2 aromatic rings. The summed E-state index contributed by atoms with van der Waals surface area (Å²) in [4.78, 5) is 19.0. The zero-order chi connectivity index (χ0) is 17.8. The van der Waals surface area contributed by atoms with E-state index in [2.05, 4.69) is 40.1 Å². The predicted octanol–water partition coefficient (Wildman–Crippen LogP) is 2.62. The van der Waals surface area contributed by atoms with Gasteiger partial charge in [0.1, 0.15) is 5.75 Å². The van der Waals surface area contributed by atoms with Crippen LogP contribution in [0.15, 0.2) is 54.6 Å². The summed E-state index contributed by atoms with van der Waals surface area (Å²) in [6.07, 6.45) is 0.978. The number of nitrogens with zero attached hydrogens (tertiary/aromatic N) is 3. The monoisotopic (exact) mass is 351 g/mol. The molecule has 0 saturated carbocycles. The van der Waals surface area contributed by atoms with Crippen molar-refractivity contribution in [2.24, 2.45) is 0 Å². The first-order chi connectivity index (χ1) is 12.8. The van der Waals surface area contributed by atoms with Crippen LogP contribution in [0.2, 0.25) is 0 Å². The number of amides is 1. The number of fused-ring (bicyclic) bond motifs is 1. The molecule has 1 saturated heterocycles. The molecule has 0 radical (unpaired) electrons. The van der Waals surface area contributed by atoms with Crippen LogP contribution in [0, 0.1) is 0 Å². The first-order valence-electron chi connectivity index (χ1n) is 9.36. The Morgan fingerprint density at radius 1 is 0.846 bits per heavy atom. The van der Waals surface area contributed by atoms with Crippen LogP contribution in [0.25, 0.3) is 0 Å². The smallest absolute Gasteiger partial charge is 0.265 e. The molecule has 5 nitrogen and oxygen atoms in total. The summed E-state index contributed by atoms with van der Waals surface area (Å²) in [6.45, 7) is 6.18. The molecule has 1 amide bonds. The van der Waals surface area contributed by atoms with Gasteiger partial charge in [-0.3, -0.25) is 9.69 Å². The Morgan fingerprint density at radius 3 is 2.38 bits per heavy atom. The number of carbonyl (C=O) groups is 1. The molecule has 0 bridgehead atoms. The third-order valence-corrected chi connectivity index (χ3v) is 5.16. The molecular weight excluding hydrogens is 326 g/mol. The van der Waals surface area contributed by atoms with Crippen LogP contribution >= 0.6 is 0 Å². The topological polar surface area (TPSA) is 36.0 Å². The zero-order valence-electron chi connectivity index (χ0n) is 15.0. The minimum Gasteiger partial charge on any atom is -0.482 e. The van der Waals surface area contributed by atoms with Gasteiger partial charge in [0, 0.05) is 38.4 Å². The maximum Gasteiger partial charge on any atom is 0.265 e. The third kappa shape index (κ3) is 3.68. The lowest BCUT2D eigenvalue weighted by molar-refractivity contribution is -0.121. The number of anilines is 2. The van der Waals surface area contributed by atoms with E-state index in [1.807, 2.05) is 29.2 Å². The highest BCUT2D eigenvalue weighted by Crippen LogP contribution is 2.31. The van der Waals surface area contributed by atoms with Gasteiger partial charge in [0.25, 0.3) is 5.91 Å². The van der Waals surface area contributed by atoms with Gasteiger partial charge in [0.15, 0.2) is 6.61 Å². The minimum atomic E-state index is 0.0533. The van der Waals surface area contributed by atoms with Crippen LogP contribution in [0.5, 0.6) is 5.75 Å². The van der Waals surface area contributed by atoms with Gasteiger partial charge in [-0.2, -0.15) is 0 Å². The summed E-state index contributed by atoms with van der Waals surface area (Å²) >= 11 is 0. The molecule has 2 heterocycles. The average Bonchev–Trinajstić information content (AvgIpc) is 2.71. The van der Waals surface area contributed by atoms with Crippen LogP contribution in [0.4, 0.5) is 11.4 Å². The van der Waals surface area contributed by atoms with Crippen molar-refractivity contribution in [2.45, 2.75) is 6.42 Å². The third-order valence-electron chi connectivity index (χ3n) is 5.16. The molecule has 0 unspecified atom stereocenters. The Labute approximate surface area is 154 Å².